The van der Waals surface area contributed by atoms with Crippen molar-refractivity contribution in [1.29, 1.82) is 0 Å². The van der Waals surface area contributed by atoms with Gasteiger partial charge < -0.3 is 23.8 Å². The molecule has 204 valence electrons. The first-order valence-electron chi connectivity index (χ1n) is 13.4. The molecule has 2 saturated heterocycles. The molecule has 2 fully saturated rings. The summed E-state index contributed by atoms with van der Waals surface area (Å²) in [5.74, 6) is 3.25. The molecular weight excluding hydrogens is 482 g/mol. The van der Waals surface area contributed by atoms with E-state index in [1.807, 2.05) is 23.1 Å². The molecule has 5 rings (SSSR count). The lowest BCUT2D eigenvalue weighted by atomic mass is 9.82. The maximum atomic E-state index is 13.8. The number of benzene rings is 2. The minimum Gasteiger partial charge on any atom is -0.497 e. The lowest BCUT2D eigenvalue weighted by Gasteiger charge is -2.44. The highest BCUT2D eigenvalue weighted by Gasteiger charge is 2.54. The van der Waals surface area contributed by atoms with Crippen LogP contribution in [-0.4, -0.2) is 74.3 Å². The van der Waals surface area contributed by atoms with Gasteiger partial charge in [0.15, 0.2) is 0 Å². The number of urea groups is 1. The van der Waals surface area contributed by atoms with E-state index in [0.717, 1.165) is 77.9 Å². The van der Waals surface area contributed by atoms with E-state index >= 15 is 0 Å². The van der Waals surface area contributed by atoms with Crippen LogP contribution in [0, 0.1) is 0 Å². The Labute approximate surface area is 225 Å². The second-order valence-corrected chi connectivity index (χ2v) is 10.4. The van der Waals surface area contributed by atoms with E-state index in [2.05, 4.69) is 41.9 Å². The van der Waals surface area contributed by atoms with E-state index in [0.29, 0.717) is 13.1 Å². The first-order valence-corrected chi connectivity index (χ1v) is 13.4. The number of ether oxygens (including phenoxy) is 4. The first-order chi connectivity index (χ1) is 18.4. The van der Waals surface area contributed by atoms with Crippen LogP contribution in [0.5, 0.6) is 23.0 Å². The summed E-state index contributed by atoms with van der Waals surface area (Å²) in [6.07, 6.45) is 4.08. The molecule has 2 aromatic rings. The second-order valence-electron chi connectivity index (χ2n) is 10.4. The summed E-state index contributed by atoms with van der Waals surface area (Å²) >= 11 is 0. The van der Waals surface area contributed by atoms with Gasteiger partial charge in [-0.25, -0.2) is 4.79 Å². The van der Waals surface area contributed by atoms with E-state index < -0.39 is 0 Å². The molecule has 3 aliphatic heterocycles. The SMILES string of the molecule is CCN1C(=O)N2Cc3cc(OC)cc(OC)c3C(C)C=C2C12CCN(Cc1cc(OC)cc(OC)c1)CC2. The van der Waals surface area contributed by atoms with Gasteiger partial charge in [0.05, 0.1) is 40.5 Å². The van der Waals surface area contributed by atoms with Crippen LogP contribution in [0.15, 0.2) is 42.1 Å². The monoisotopic (exact) mass is 521 g/mol. The van der Waals surface area contributed by atoms with Gasteiger partial charge >= 0.3 is 6.03 Å². The van der Waals surface area contributed by atoms with Crippen LogP contribution in [0.2, 0.25) is 0 Å². The Morgan fingerprint density at radius 2 is 1.53 bits per heavy atom. The molecule has 38 heavy (non-hydrogen) atoms. The predicted octanol–water partition coefficient (Wildman–Crippen LogP) is 5.01. The third-order valence-corrected chi connectivity index (χ3v) is 8.41. The summed E-state index contributed by atoms with van der Waals surface area (Å²) in [4.78, 5) is 20.4. The van der Waals surface area contributed by atoms with Gasteiger partial charge in [-0.1, -0.05) is 13.0 Å². The molecule has 1 unspecified atom stereocenters. The van der Waals surface area contributed by atoms with Gasteiger partial charge in [-0.3, -0.25) is 9.80 Å². The van der Waals surface area contributed by atoms with Crippen LogP contribution >= 0.6 is 0 Å². The fourth-order valence-corrected chi connectivity index (χ4v) is 6.56. The molecule has 8 nitrogen and oxygen atoms in total. The molecule has 3 aliphatic rings. The molecule has 2 aromatic carbocycles. The Balaban J connectivity index is 1.43. The van der Waals surface area contributed by atoms with Crippen molar-refractivity contribution in [2.24, 2.45) is 0 Å². The van der Waals surface area contributed by atoms with Gasteiger partial charge in [-0.05, 0) is 49.1 Å². The second kappa shape index (κ2) is 10.4. The van der Waals surface area contributed by atoms with E-state index in [9.17, 15) is 4.79 Å². The van der Waals surface area contributed by atoms with E-state index in [4.69, 9.17) is 18.9 Å². The third-order valence-electron chi connectivity index (χ3n) is 8.41. The minimum atomic E-state index is -0.304. The Morgan fingerprint density at radius 3 is 2.11 bits per heavy atom. The standard InChI is InChI=1S/C30H39N3O5/c1-7-33-29(34)32-19-22-15-25(37-5)17-26(38-6)28(22)20(2)12-27(32)30(33)8-10-31(11-9-30)18-21-13-23(35-3)16-24(14-21)36-4/h12-17,20H,7-11,18-19H2,1-6H3. The maximum Gasteiger partial charge on any atom is 0.325 e. The van der Waals surface area contributed by atoms with E-state index in [-0.39, 0.29) is 17.5 Å². The van der Waals surface area contributed by atoms with Crippen LogP contribution in [0.1, 0.15) is 49.3 Å². The molecule has 0 radical (unpaired) electrons. The van der Waals surface area contributed by atoms with Crippen molar-refractivity contribution in [2.75, 3.05) is 48.1 Å². The smallest absolute Gasteiger partial charge is 0.325 e. The molecule has 1 atom stereocenters. The lowest BCUT2D eigenvalue weighted by Crippen LogP contribution is -2.53. The number of likely N-dealkylation sites (tertiary alicyclic amines) is 1. The molecule has 0 N–H and O–H groups in total. The number of carbonyl (C=O) groups is 1. The number of fused-ring (bicyclic) bond motifs is 3. The van der Waals surface area contributed by atoms with Gasteiger partial charge in [0.25, 0.3) is 0 Å². The number of methoxy groups -OCH3 is 4. The Morgan fingerprint density at radius 1 is 0.895 bits per heavy atom. The number of amides is 2. The first kappa shape index (κ1) is 26.2. The van der Waals surface area contributed by atoms with Gasteiger partial charge in [0.1, 0.15) is 23.0 Å². The van der Waals surface area contributed by atoms with Crippen molar-refractivity contribution in [1.82, 2.24) is 14.7 Å². The Hall–Kier alpha value is -3.39. The molecule has 0 aliphatic carbocycles. The van der Waals surface area contributed by atoms with E-state index in [1.54, 1.807) is 28.4 Å². The quantitative estimate of drug-likeness (QED) is 0.510. The Kier molecular flexibility index (Phi) is 7.18. The van der Waals surface area contributed by atoms with Gasteiger partial charge in [0, 0.05) is 55.5 Å². The van der Waals surface area contributed by atoms with Gasteiger partial charge in [-0.2, -0.15) is 0 Å². The van der Waals surface area contributed by atoms with Crippen molar-refractivity contribution >= 4 is 6.03 Å². The number of rotatable bonds is 7. The van der Waals surface area contributed by atoms with Gasteiger partial charge in [-0.15, -0.1) is 0 Å². The van der Waals surface area contributed by atoms with Crippen molar-refractivity contribution in [3.63, 3.8) is 0 Å². The summed E-state index contributed by atoms with van der Waals surface area (Å²) in [5, 5.41) is 0. The molecule has 2 amide bonds. The summed E-state index contributed by atoms with van der Waals surface area (Å²) in [5.41, 5.74) is 4.20. The van der Waals surface area contributed by atoms with Crippen molar-refractivity contribution < 1.29 is 23.7 Å². The fraction of sp³-hybridized carbons (Fsp3) is 0.500. The van der Waals surface area contributed by atoms with Crippen LogP contribution < -0.4 is 18.9 Å². The summed E-state index contributed by atoms with van der Waals surface area (Å²) < 4.78 is 22.3. The number of carbonyl (C=O) groups excluding carboxylic acids is 1. The highest BCUT2D eigenvalue weighted by atomic mass is 16.5. The molecule has 0 bridgehead atoms. The number of nitrogens with zero attached hydrogens (tertiary/aromatic N) is 3. The Bertz CT molecular complexity index is 1210. The molecule has 1 spiro atoms. The number of piperidine rings is 1. The molecule has 0 saturated carbocycles. The highest BCUT2D eigenvalue weighted by molar-refractivity contribution is 5.83. The highest BCUT2D eigenvalue weighted by Crippen LogP contribution is 2.49. The van der Waals surface area contributed by atoms with Crippen LogP contribution in [0.25, 0.3) is 0 Å². The normalized spacial score (nSPS) is 20.5. The third kappa shape index (κ3) is 4.34. The number of likely N-dealkylation sites (N-methyl/N-ethyl adjacent to an activating group) is 1. The molecule has 0 aromatic heterocycles. The van der Waals surface area contributed by atoms with Crippen LogP contribution in [0.3, 0.4) is 0 Å². The lowest BCUT2D eigenvalue weighted by molar-refractivity contribution is 0.0887. The number of hydrogen-bond donors (Lipinski definition) is 0. The molecular formula is C30H39N3O5. The zero-order chi connectivity index (χ0) is 27.0. The summed E-state index contributed by atoms with van der Waals surface area (Å²) in [7, 11) is 6.71. The van der Waals surface area contributed by atoms with Crippen LogP contribution in [-0.2, 0) is 13.1 Å². The predicted molar refractivity (Wildman–Crippen MR) is 146 cm³/mol. The van der Waals surface area contributed by atoms with Crippen molar-refractivity contribution in [3.05, 3.63) is 58.8 Å². The molecule has 8 heteroatoms. The summed E-state index contributed by atoms with van der Waals surface area (Å²) in [6, 6.07) is 10.1. The number of allylic oxidation sites excluding steroid dienone is 1. The zero-order valence-corrected chi connectivity index (χ0v) is 23.4. The average Bonchev–Trinajstić information content (AvgIpc) is 3.03. The molecule has 3 heterocycles. The fourth-order valence-electron chi connectivity index (χ4n) is 6.56. The number of hydrogen-bond acceptors (Lipinski definition) is 6. The largest absolute Gasteiger partial charge is 0.497 e. The maximum absolute atomic E-state index is 13.8. The topological polar surface area (TPSA) is 63.7 Å². The minimum absolute atomic E-state index is 0.0894. The van der Waals surface area contributed by atoms with Crippen LogP contribution in [0.4, 0.5) is 4.79 Å². The van der Waals surface area contributed by atoms with E-state index in [1.165, 1.54) is 0 Å². The van der Waals surface area contributed by atoms with Crippen molar-refractivity contribution in [2.45, 2.75) is 51.2 Å². The summed E-state index contributed by atoms with van der Waals surface area (Å²) in [6.45, 7) is 8.09. The van der Waals surface area contributed by atoms with Gasteiger partial charge in [0.2, 0.25) is 0 Å². The van der Waals surface area contributed by atoms with Crippen molar-refractivity contribution in [3.8, 4) is 23.0 Å². The average molecular weight is 522 g/mol. The zero-order valence-electron chi connectivity index (χ0n) is 23.4.